The average Bonchev–Trinajstić information content (AvgIpc) is 2.53. The lowest BCUT2D eigenvalue weighted by Crippen LogP contribution is -2.37. The van der Waals surface area contributed by atoms with Crippen LogP contribution in [0.15, 0.2) is 18.3 Å². The van der Waals surface area contributed by atoms with Gasteiger partial charge in [0.2, 0.25) is 0 Å². The summed E-state index contributed by atoms with van der Waals surface area (Å²) in [5.74, 6) is 0. The number of hydrogen-bond acceptors (Lipinski definition) is 5. The van der Waals surface area contributed by atoms with Crippen LogP contribution >= 0.6 is 0 Å². The Hall–Kier alpha value is -1.17. The molecule has 5 heteroatoms. The largest absolute Gasteiger partial charge is 0.394 e. The fraction of sp³-hybridized carbons (Fsp3) is 0.667. The first kappa shape index (κ1) is 15.2. The van der Waals surface area contributed by atoms with Crippen molar-refractivity contribution in [1.29, 1.82) is 0 Å². The molecule has 0 bridgehead atoms. The van der Waals surface area contributed by atoms with Gasteiger partial charge in [0.25, 0.3) is 0 Å². The third-order valence-electron chi connectivity index (χ3n) is 3.75. The predicted octanol–water partition coefficient (Wildman–Crippen LogP) is 1.50. The zero-order valence-electron chi connectivity index (χ0n) is 12.0. The smallest absolute Gasteiger partial charge is 0.0957 e. The number of aromatic nitrogens is 1. The van der Waals surface area contributed by atoms with Crippen LogP contribution in [0.1, 0.15) is 38.0 Å². The van der Waals surface area contributed by atoms with E-state index in [0.29, 0.717) is 13.0 Å². The Kier molecular flexibility index (Phi) is 5.76. The van der Waals surface area contributed by atoms with E-state index < -0.39 is 6.10 Å². The van der Waals surface area contributed by atoms with Gasteiger partial charge in [-0.1, -0.05) is 6.92 Å². The van der Waals surface area contributed by atoms with Gasteiger partial charge in [-0.15, -0.1) is 0 Å². The number of anilines is 1. The maximum absolute atomic E-state index is 9.73. The van der Waals surface area contributed by atoms with E-state index in [1.807, 2.05) is 25.3 Å². The summed E-state index contributed by atoms with van der Waals surface area (Å²) in [5, 5.41) is 18.5. The van der Waals surface area contributed by atoms with Crippen LogP contribution < -0.4 is 4.90 Å². The molecule has 1 aromatic heterocycles. The Morgan fingerprint density at radius 2 is 2.15 bits per heavy atom. The van der Waals surface area contributed by atoms with Gasteiger partial charge in [0.05, 0.1) is 43.0 Å². The van der Waals surface area contributed by atoms with Crippen LogP contribution in [0.2, 0.25) is 0 Å². The molecular formula is C15H24N2O3. The normalized spacial score (nSPS) is 18.2. The van der Waals surface area contributed by atoms with Crippen LogP contribution in [0, 0.1) is 0 Å². The fourth-order valence-electron chi connectivity index (χ4n) is 2.49. The van der Waals surface area contributed by atoms with Crippen LogP contribution in [0.4, 0.5) is 5.69 Å². The molecule has 0 unspecified atom stereocenters. The molecule has 0 aliphatic carbocycles. The monoisotopic (exact) mass is 280 g/mol. The number of hydrogen-bond donors (Lipinski definition) is 2. The van der Waals surface area contributed by atoms with Crippen molar-refractivity contribution in [3.05, 3.63) is 24.0 Å². The SMILES string of the molecule is CC[C@H](O)c1ccc(N2CCC(OCCO)CC2)cn1. The van der Waals surface area contributed by atoms with Crippen LogP contribution in [0.5, 0.6) is 0 Å². The number of rotatable bonds is 6. The van der Waals surface area contributed by atoms with Crippen LogP contribution in [-0.4, -0.2) is 47.6 Å². The Morgan fingerprint density at radius 3 is 2.70 bits per heavy atom. The molecule has 2 rings (SSSR count). The third kappa shape index (κ3) is 3.91. The van der Waals surface area contributed by atoms with E-state index in [1.54, 1.807) is 0 Å². The zero-order valence-corrected chi connectivity index (χ0v) is 12.0. The van der Waals surface area contributed by atoms with Gasteiger partial charge in [-0.25, -0.2) is 0 Å². The minimum absolute atomic E-state index is 0.0886. The minimum Gasteiger partial charge on any atom is -0.394 e. The van der Waals surface area contributed by atoms with Gasteiger partial charge in [0, 0.05) is 13.1 Å². The van der Waals surface area contributed by atoms with Crippen LogP contribution in [-0.2, 0) is 4.74 Å². The highest BCUT2D eigenvalue weighted by Gasteiger charge is 2.20. The molecule has 1 aromatic rings. The zero-order chi connectivity index (χ0) is 14.4. The number of ether oxygens (including phenoxy) is 1. The van der Waals surface area contributed by atoms with Crippen molar-refractivity contribution in [1.82, 2.24) is 4.98 Å². The van der Waals surface area contributed by atoms with E-state index in [-0.39, 0.29) is 12.7 Å². The number of pyridine rings is 1. The van der Waals surface area contributed by atoms with E-state index in [9.17, 15) is 5.11 Å². The Labute approximate surface area is 120 Å². The van der Waals surface area contributed by atoms with E-state index in [1.165, 1.54) is 0 Å². The van der Waals surface area contributed by atoms with Crippen LogP contribution in [0.25, 0.3) is 0 Å². The summed E-state index contributed by atoms with van der Waals surface area (Å²) < 4.78 is 5.56. The topological polar surface area (TPSA) is 65.8 Å². The van der Waals surface area contributed by atoms with Gasteiger partial charge >= 0.3 is 0 Å². The van der Waals surface area contributed by atoms with E-state index in [4.69, 9.17) is 9.84 Å². The average molecular weight is 280 g/mol. The van der Waals surface area contributed by atoms with Gasteiger partial charge in [0.1, 0.15) is 0 Å². The molecule has 1 saturated heterocycles. The first-order valence-corrected chi connectivity index (χ1v) is 7.36. The second-order valence-corrected chi connectivity index (χ2v) is 5.15. The highest BCUT2D eigenvalue weighted by Crippen LogP contribution is 2.22. The van der Waals surface area contributed by atoms with Gasteiger partial charge in [-0.3, -0.25) is 4.98 Å². The molecule has 20 heavy (non-hydrogen) atoms. The number of nitrogens with zero attached hydrogens (tertiary/aromatic N) is 2. The van der Waals surface area contributed by atoms with E-state index in [0.717, 1.165) is 37.3 Å². The third-order valence-corrected chi connectivity index (χ3v) is 3.75. The maximum atomic E-state index is 9.73. The van der Waals surface area contributed by atoms with Crippen LogP contribution in [0.3, 0.4) is 0 Å². The second-order valence-electron chi connectivity index (χ2n) is 5.15. The number of aliphatic hydroxyl groups is 2. The molecule has 1 atom stereocenters. The minimum atomic E-state index is -0.471. The van der Waals surface area contributed by atoms with Crippen molar-refractivity contribution in [2.75, 3.05) is 31.2 Å². The van der Waals surface area contributed by atoms with Gasteiger partial charge in [0.15, 0.2) is 0 Å². The summed E-state index contributed by atoms with van der Waals surface area (Å²) >= 11 is 0. The molecule has 1 aliphatic rings. The van der Waals surface area contributed by atoms with Crippen molar-refractivity contribution in [3.8, 4) is 0 Å². The molecule has 5 nitrogen and oxygen atoms in total. The molecule has 1 fully saturated rings. The van der Waals surface area contributed by atoms with Crippen molar-refractivity contribution >= 4 is 5.69 Å². The Balaban J connectivity index is 1.87. The highest BCUT2D eigenvalue weighted by molar-refractivity contribution is 5.45. The van der Waals surface area contributed by atoms with Gasteiger partial charge in [-0.05, 0) is 31.4 Å². The molecule has 0 aromatic carbocycles. The quantitative estimate of drug-likeness (QED) is 0.826. The molecule has 0 saturated carbocycles. The lowest BCUT2D eigenvalue weighted by Gasteiger charge is -2.33. The predicted molar refractivity (Wildman–Crippen MR) is 77.8 cm³/mol. The standard InChI is InChI=1S/C15H24N2O3/c1-2-15(19)14-4-3-12(11-16-14)17-7-5-13(6-8-17)20-10-9-18/h3-4,11,13,15,18-19H,2,5-10H2,1H3/t15-/m0/s1. The molecule has 0 spiro atoms. The maximum Gasteiger partial charge on any atom is 0.0957 e. The molecule has 0 amide bonds. The van der Waals surface area contributed by atoms with Gasteiger partial charge in [-0.2, -0.15) is 0 Å². The summed E-state index contributed by atoms with van der Waals surface area (Å²) in [4.78, 5) is 6.62. The summed E-state index contributed by atoms with van der Waals surface area (Å²) in [5.41, 5.74) is 1.83. The Bertz CT molecular complexity index is 389. The number of aliphatic hydroxyl groups excluding tert-OH is 2. The van der Waals surface area contributed by atoms with Crippen molar-refractivity contribution in [2.45, 2.75) is 38.4 Å². The highest BCUT2D eigenvalue weighted by atomic mass is 16.5. The molecule has 2 N–H and O–H groups in total. The van der Waals surface area contributed by atoms with Crippen molar-refractivity contribution in [3.63, 3.8) is 0 Å². The summed E-state index contributed by atoms with van der Waals surface area (Å²) in [6.07, 6.45) is 4.25. The molecule has 0 radical (unpaired) electrons. The summed E-state index contributed by atoms with van der Waals surface area (Å²) in [7, 11) is 0. The summed E-state index contributed by atoms with van der Waals surface area (Å²) in [6.45, 7) is 4.33. The second kappa shape index (κ2) is 7.57. The summed E-state index contributed by atoms with van der Waals surface area (Å²) in [6, 6.07) is 3.92. The number of piperidine rings is 1. The van der Waals surface area contributed by atoms with Crippen molar-refractivity contribution in [2.24, 2.45) is 0 Å². The molecule has 2 heterocycles. The molecule has 1 aliphatic heterocycles. The Morgan fingerprint density at radius 1 is 1.40 bits per heavy atom. The van der Waals surface area contributed by atoms with E-state index >= 15 is 0 Å². The van der Waals surface area contributed by atoms with Gasteiger partial charge < -0.3 is 19.8 Å². The lowest BCUT2D eigenvalue weighted by atomic mass is 10.1. The molecular weight excluding hydrogens is 256 g/mol. The van der Waals surface area contributed by atoms with E-state index in [2.05, 4.69) is 9.88 Å². The fourth-order valence-corrected chi connectivity index (χ4v) is 2.49. The first-order valence-electron chi connectivity index (χ1n) is 7.36. The first-order chi connectivity index (χ1) is 9.74. The van der Waals surface area contributed by atoms with Crippen molar-refractivity contribution < 1.29 is 14.9 Å². The molecule has 112 valence electrons. The lowest BCUT2D eigenvalue weighted by molar-refractivity contribution is 0.0159.